The topological polar surface area (TPSA) is 809 Å². The Labute approximate surface area is 459 Å². The third kappa shape index (κ3) is 13.3. The molecule has 0 bridgehead atoms. The van der Waals surface area contributed by atoms with Crippen LogP contribution in [0.2, 0.25) is 0 Å². The van der Waals surface area contributed by atoms with Gasteiger partial charge in [0.2, 0.25) is 11.6 Å². The van der Waals surface area contributed by atoms with Gasteiger partial charge in [-0.15, -0.1) is 0 Å². The molecule has 0 amide bonds. The minimum absolute atomic E-state index is 0. The number of carbonyl (C=O) groups excluding carboxylic acids is 2. The van der Waals surface area contributed by atoms with Crippen molar-refractivity contribution in [2.24, 2.45) is 0 Å². The maximum absolute atomic E-state index is 10.7. The first-order valence-corrected chi connectivity index (χ1v) is 21.5. The van der Waals surface area contributed by atoms with Crippen LogP contribution in [0.1, 0.15) is 104 Å². The summed E-state index contributed by atoms with van der Waals surface area (Å²) in [6.07, 6.45) is 2.59. The average Bonchev–Trinajstić information content (AvgIpc) is 3.24. The van der Waals surface area contributed by atoms with E-state index >= 15 is 0 Å². The smallest absolute Gasteiger partial charge is 0.544 e. The van der Waals surface area contributed by atoms with Gasteiger partial charge in [0.15, 0.2) is 0 Å². The average molecular weight is 1180 g/mol. The van der Waals surface area contributed by atoms with E-state index in [0.717, 1.165) is 25.7 Å². The molecule has 0 unspecified atom stereocenters. The Morgan fingerprint density at radius 1 is 0.247 bits per heavy atom. The summed E-state index contributed by atoms with van der Waals surface area (Å²) in [6, 6.07) is 0. The Kier molecular flexibility index (Phi) is 26.3. The van der Waals surface area contributed by atoms with Crippen LogP contribution >= 0.6 is 0 Å². The van der Waals surface area contributed by atoms with Crippen molar-refractivity contribution in [3.05, 3.63) is 0 Å². The maximum atomic E-state index is 10.7. The van der Waals surface area contributed by atoms with Crippen LogP contribution in [0.4, 0.5) is 0 Å². The molecule has 0 aromatic rings. The van der Waals surface area contributed by atoms with Gasteiger partial charge in [-0.3, -0.25) is 0 Å². The quantitative estimate of drug-likeness (QED) is 0.0169. The Balaban J connectivity index is -0.00000140. The predicted molar refractivity (Wildman–Crippen MR) is 221 cm³/mol. The summed E-state index contributed by atoms with van der Waals surface area (Å²) < 4.78 is 0. The summed E-state index contributed by atoms with van der Waals surface area (Å²) in [5.41, 5.74) is 0. The van der Waals surface area contributed by atoms with Gasteiger partial charge in [-0.1, -0.05) is 78.1 Å². The van der Waals surface area contributed by atoms with E-state index in [1.54, 1.807) is 0 Å². The minimum Gasteiger partial charge on any atom is -0.544 e. The number of aliphatic carboxylic acids is 2. The number of unbranched alkanes of at least 4 members (excludes halogenated alkanes) is 10. The number of carboxylic acid groups (broad SMARTS) is 2. The van der Waals surface area contributed by atoms with E-state index in [4.69, 9.17) is 20.4 Å². The Morgan fingerprint density at radius 3 is 0.558 bits per heavy atom. The van der Waals surface area contributed by atoms with Crippen LogP contribution in [-0.2, 0) is 9.59 Å². The van der Waals surface area contributed by atoms with Crippen LogP contribution in [0.25, 0.3) is 0 Å². The third-order valence-electron chi connectivity index (χ3n) is 12.2. The Morgan fingerprint density at radius 2 is 0.390 bits per heavy atom. The second-order valence-corrected chi connectivity index (χ2v) is 18.0. The summed E-state index contributed by atoms with van der Waals surface area (Å²) in [5, 5.41) is 374. The molecule has 0 rings (SSSR count). The molecule has 77 heavy (non-hydrogen) atoms. The van der Waals surface area contributed by atoms with Gasteiger partial charge in [0.1, 0.15) is 11.9 Å². The van der Waals surface area contributed by atoms with Crippen molar-refractivity contribution in [1.29, 1.82) is 0 Å². The molecule has 0 radical (unpaired) electrons. The van der Waals surface area contributed by atoms with Gasteiger partial charge >= 0.3 is 37.7 Å². The van der Waals surface area contributed by atoms with E-state index in [0.29, 0.717) is 25.7 Å². The van der Waals surface area contributed by atoms with E-state index in [1.807, 2.05) is 13.8 Å². The summed E-state index contributed by atoms with van der Waals surface area (Å²) in [7, 11) is 0. The van der Waals surface area contributed by atoms with Crippen LogP contribution in [0.3, 0.4) is 0 Å². The van der Waals surface area contributed by atoms with Gasteiger partial charge < -0.3 is 204 Å². The SMILES string of the molecule is CCCCCCCCC(O)(O)C(O)(O)C(O)(O)C(O)(O)C(O)(O)C(O)(O)C(O)(O)C(O)(O)C(O)(O)C(=O)[O-].CCCCCCCCC(O)(O)C(O)(O)C(O)(O)C(O)(O)C(O)(O)C(O)(O)C(O)(O)C(O)(O)C(O)(O)C(=O)[O-].[Ca+2]. The molecule has 36 N–H and O–H groups in total. The van der Waals surface area contributed by atoms with Gasteiger partial charge in [0.05, 0.1) is 0 Å². The molecule has 0 heterocycles. The van der Waals surface area contributed by atoms with Crippen LogP contribution in [0.5, 0.6) is 0 Å². The summed E-state index contributed by atoms with van der Waals surface area (Å²) in [6.45, 7) is 3.75. The molecule has 0 saturated carbocycles. The molecule has 0 aromatic carbocycles. The molecule has 0 aliphatic rings. The Hall–Kier alpha value is -1.24. The van der Waals surface area contributed by atoms with Crippen molar-refractivity contribution >= 4 is 49.7 Å². The molecule has 0 saturated heterocycles. The normalized spacial score (nSPS) is 15.5. The number of rotatable bonds is 32. The molecule has 0 aliphatic carbocycles. The van der Waals surface area contributed by atoms with Crippen LogP contribution in [0, 0.1) is 0 Å². The van der Waals surface area contributed by atoms with E-state index in [2.05, 4.69) is 0 Å². The third-order valence-corrected chi connectivity index (χ3v) is 12.2. The van der Waals surface area contributed by atoms with Gasteiger partial charge in [0.25, 0.3) is 92.6 Å². The molecule has 40 nitrogen and oxygen atoms in total. The van der Waals surface area contributed by atoms with Crippen molar-refractivity contribution in [2.45, 2.75) is 208 Å². The first-order chi connectivity index (χ1) is 33.0. The van der Waals surface area contributed by atoms with Crippen LogP contribution in [-0.4, -0.2) is 338 Å². The first-order valence-electron chi connectivity index (χ1n) is 21.5. The van der Waals surface area contributed by atoms with Gasteiger partial charge in [-0.2, -0.15) is 0 Å². The van der Waals surface area contributed by atoms with Crippen LogP contribution < -0.4 is 10.2 Å². The molecule has 0 fully saturated rings. The fraction of sp³-hybridized carbons (Fsp3) is 0.944. The number of hydrogen-bond acceptors (Lipinski definition) is 40. The maximum Gasteiger partial charge on any atom is 2.00 e. The minimum atomic E-state index is -6.00. The molecule has 0 aromatic heterocycles. The first kappa shape index (κ1) is 80.0. The van der Waals surface area contributed by atoms with E-state index < -0.39 is 129 Å². The number of aliphatic hydroxyl groups is 36. The largest absolute Gasteiger partial charge is 2.00 e. The molecule has 0 atom stereocenters. The van der Waals surface area contributed by atoms with Gasteiger partial charge in [-0.05, 0) is 12.8 Å². The molecule has 0 spiro atoms. The summed E-state index contributed by atoms with van der Waals surface area (Å²) >= 11 is 0. The van der Waals surface area contributed by atoms with E-state index in [1.165, 1.54) is 0 Å². The Bertz CT molecular complexity index is 1760. The number of hydrogen-bond donors (Lipinski definition) is 36. The second kappa shape index (κ2) is 25.3. The summed E-state index contributed by atoms with van der Waals surface area (Å²) in [4.78, 5) is 21.4. The van der Waals surface area contributed by atoms with Crippen LogP contribution in [0.15, 0.2) is 0 Å². The van der Waals surface area contributed by atoms with Crippen molar-refractivity contribution in [1.82, 2.24) is 0 Å². The second-order valence-electron chi connectivity index (χ2n) is 18.0. The van der Waals surface area contributed by atoms with Gasteiger partial charge in [-0.25, -0.2) is 0 Å². The molecule has 0 aliphatic heterocycles. The van der Waals surface area contributed by atoms with E-state index in [9.17, 15) is 183 Å². The zero-order valence-electron chi connectivity index (χ0n) is 40.3. The zero-order valence-corrected chi connectivity index (χ0v) is 42.5. The fourth-order valence-corrected chi connectivity index (χ4v) is 6.41. The number of carboxylic acids is 2. The molecule has 456 valence electrons. The fourth-order valence-electron chi connectivity index (χ4n) is 6.41. The molecular formula is C36H70CaO40. The summed E-state index contributed by atoms with van der Waals surface area (Å²) in [5.74, 6) is -106. The number of carbonyl (C=O) groups is 2. The van der Waals surface area contributed by atoms with Gasteiger partial charge in [0, 0.05) is 12.8 Å². The van der Waals surface area contributed by atoms with Crippen molar-refractivity contribution in [3.63, 3.8) is 0 Å². The van der Waals surface area contributed by atoms with Crippen molar-refractivity contribution in [2.75, 3.05) is 0 Å². The monoisotopic (exact) mass is 1180 g/mol. The molecular weight excluding hydrogens is 1110 g/mol. The zero-order chi connectivity index (χ0) is 62.1. The van der Waals surface area contributed by atoms with Crippen molar-refractivity contribution in [3.8, 4) is 0 Å². The molecule has 41 heteroatoms. The standard InChI is InChI=1S/2C18H36O20.Ca/c2*1-2-3-4-5-6-7-8-10(21,22)12(25,26)14(29,30)16(33,34)18(37,38)17(35,36)15(31,32)13(27,28)11(23,24)9(19)20;/h2*21-38H,2-8H2,1H3,(H,19,20);/q;;+2/p-2. The van der Waals surface area contributed by atoms with Crippen molar-refractivity contribution < 1.29 is 204 Å². The predicted octanol–water partition coefficient (Wildman–Crippen LogP) is -21.2. The van der Waals surface area contributed by atoms with E-state index in [-0.39, 0.29) is 63.4 Å².